The van der Waals surface area contributed by atoms with Crippen molar-refractivity contribution in [1.82, 2.24) is 19.2 Å². The summed E-state index contributed by atoms with van der Waals surface area (Å²) in [5, 5.41) is 7.96. The Labute approximate surface area is 244 Å². The molecule has 0 radical (unpaired) electrons. The van der Waals surface area contributed by atoms with Gasteiger partial charge in [0.1, 0.15) is 23.9 Å². The van der Waals surface area contributed by atoms with Crippen LogP contribution in [0.25, 0.3) is 11.3 Å². The van der Waals surface area contributed by atoms with Gasteiger partial charge < -0.3 is 14.6 Å². The minimum atomic E-state index is -3.93. The summed E-state index contributed by atoms with van der Waals surface area (Å²) in [6.07, 6.45) is 3.16. The van der Waals surface area contributed by atoms with Crippen LogP contribution < -0.4 is 9.62 Å². The summed E-state index contributed by atoms with van der Waals surface area (Å²) in [5.74, 6) is -0.482. The van der Waals surface area contributed by atoms with E-state index in [2.05, 4.69) is 9.71 Å². The predicted molar refractivity (Wildman–Crippen MR) is 153 cm³/mol. The average molecular weight is 628 g/mol. The Morgan fingerprint density at radius 2 is 2.02 bits per heavy atom. The molecule has 0 saturated carbocycles. The van der Waals surface area contributed by atoms with Crippen molar-refractivity contribution in [3.63, 3.8) is 0 Å². The van der Waals surface area contributed by atoms with E-state index in [1.807, 2.05) is 4.90 Å². The van der Waals surface area contributed by atoms with E-state index < -0.39 is 34.0 Å². The Morgan fingerprint density at radius 1 is 1.27 bits per heavy atom. The molecule has 0 spiro atoms. The van der Waals surface area contributed by atoms with Crippen LogP contribution in [0, 0.1) is 5.82 Å². The van der Waals surface area contributed by atoms with Gasteiger partial charge in [-0.3, -0.25) is 14.5 Å². The summed E-state index contributed by atoms with van der Waals surface area (Å²) in [7, 11) is -3.93. The van der Waals surface area contributed by atoms with Gasteiger partial charge in [0.25, 0.3) is 6.47 Å². The van der Waals surface area contributed by atoms with Crippen LogP contribution in [0.15, 0.2) is 48.1 Å². The van der Waals surface area contributed by atoms with Gasteiger partial charge in [0.15, 0.2) is 0 Å². The molecule has 4 heterocycles. The normalized spacial score (nSPS) is 19.9. The molecule has 2 aliphatic rings. The molecule has 2 atom stereocenters. The van der Waals surface area contributed by atoms with Crippen molar-refractivity contribution < 1.29 is 31.9 Å². The second-order valence-corrected chi connectivity index (χ2v) is 12.8. The third-order valence-corrected chi connectivity index (χ3v) is 9.25. The molecule has 2 fully saturated rings. The molecule has 2 N–H and O–H groups in total. The largest absolute Gasteiger partial charge is 0.483 e. The van der Waals surface area contributed by atoms with Crippen molar-refractivity contribution in [3.8, 4) is 5.69 Å². The van der Waals surface area contributed by atoms with Crippen LogP contribution in [-0.4, -0.2) is 72.2 Å². The maximum Gasteiger partial charge on any atom is 0.290 e. The molecule has 10 nitrogen and oxygen atoms in total. The number of carbonyl (C=O) groups is 2. The van der Waals surface area contributed by atoms with Crippen LogP contribution in [0.5, 0.6) is 0 Å². The Bertz CT molecular complexity index is 1540. The molecular formula is C26H28ClF2N5O5S2. The summed E-state index contributed by atoms with van der Waals surface area (Å²) in [6, 6.07) is 6.89. The molecule has 220 valence electrons. The number of anilines is 1. The van der Waals surface area contributed by atoms with E-state index in [1.54, 1.807) is 42.1 Å². The van der Waals surface area contributed by atoms with Crippen LogP contribution >= 0.6 is 22.9 Å². The maximum atomic E-state index is 15.2. The smallest absolute Gasteiger partial charge is 0.290 e. The monoisotopic (exact) mass is 627 g/mol. The minimum absolute atomic E-state index is 0.0712. The number of carboxylic acid groups (broad SMARTS) is 1. The zero-order valence-corrected chi connectivity index (χ0v) is 24.3. The number of halogens is 3. The molecule has 3 aromatic rings. The Hall–Kier alpha value is -3.17. The second kappa shape index (κ2) is 13.2. The molecule has 41 heavy (non-hydrogen) atoms. The van der Waals surface area contributed by atoms with Gasteiger partial charge in [-0.25, -0.2) is 22.2 Å². The summed E-state index contributed by atoms with van der Waals surface area (Å²) in [6.45, 7) is 2.99. The van der Waals surface area contributed by atoms with Crippen molar-refractivity contribution in [2.75, 3.05) is 24.5 Å². The maximum absolute atomic E-state index is 15.2. The van der Waals surface area contributed by atoms with Crippen molar-refractivity contribution in [3.05, 3.63) is 69.0 Å². The van der Waals surface area contributed by atoms with Crippen molar-refractivity contribution in [1.29, 1.82) is 0 Å². The highest BCUT2D eigenvalue weighted by molar-refractivity contribution is 7.92. The van der Waals surface area contributed by atoms with Gasteiger partial charge in [0.05, 0.1) is 22.0 Å². The SMILES string of the molecule is C/C(=C\S(=O)(=O)NC1CCN(c2ccc(-n3ccnc3CN3CCC(F)C3)cc2F)C1=O)c1ccc(Cl)s1.O=CO. The standard InChI is InChI=1S/C25H26ClF2N5O3S2.CH2O2/c1-16(22-4-5-23(26)37-22)15-38(35,36)30-20-7-10-33(25(20)34)21-3-2-18(12-19(21)28)32-11-8-29-24(32)14-31-9-6-17(27)13-31;2-1-3/h2-5,8,11-12,15,17,20,30H,6-7,9-10,13-14H2,1H3;1H,(H,2,3)/b16-15+;. The summed E-state index contributed by atoms with van der Waals surface area (Å²) < 4.78 is 58.9. The van der Waals surface area contributed by atoms with E-state index in [-0.39, 0.29) is 25.1 Å². The van der Waals surface area contributed by atoms with Crippen LogP contribution in [-0.2, 0) is 26.2 Å². The fourth-order valence-corrected chi connectivity index (χ4v) is 7.12. The van der Waals surface area contributed by atoms with Gasteiger partial charge in [0, 0.05) is 48.7 Å². The number of nitrogens with zero attached hydrogens (tertiary/aromatic N) is 4. The quantitative estimate of drug-likeness (QED) is 0.361. The van der Waals surface area contributed by atoms with Gasteiger partial charge in [-0.1, -0.05) is 11.6 Å². The van der Waals surface area contributed by atoms with Gasteiger partial charge in [0.2, 0.25) is 15.9 Å². The average Bonchev–Trinajstić information content (AvgIpc) is 3.70. The first-order chi connectivity index (χ1) is 19.5. The van der Waals surface area contributed by atoms with Crippen LogP contribution in [0.1, 0.15) is 30.5 Å². The van der Waals surface area contributed by atoms with Crippen LogP contribution in [0.3, 0.4) is 0 Å². The highest BCUT2D eigenvalue weighted by Gasteiger charge is 2.36. The number of aromatic nitrogens is 2. The van der Waals surface area contributed by atoms with Crippen LogP contribution in [0.4, 0.5) is 14.5 Å². The van der Waals surface area contributed by atoms with E-state index in [9.17, 15) is 17.6 Å². The highest BCUT2D eigenvalue weighted by atomic mass is 35.5. The van der Waals surface area contributed by atoms with E-state index in [0.29, 0.717) is 52.4 Å². The number of benzene rings is 1. The summed E-state index contributed by atoms with van der Waals surface area (Å²) in [5.41, 5.74) is 1.08. The van der Waals surface area contributed by atoms with Gasteiger partial charge in [-0.05, 0) is 49.6 Å². The molecular weight excluding hydrogens is 600 g/mol. The number of amides is 1. The number of rotatable bonds is 8. The Morgan fingerprint density at radius 3 is 2.66 bits per heavy atom. The summed E-state index contributed by atoms with van der Waals surface area (Å²) >= 11 is 7.18. The zero-order chi connectivity index (χ0) is 29.7. The predicted octanol–water partition coefficient (Wildman–Crippen LogP) is 4.06. The first-order valence-corrected chi connectivity index (χ1v) is 15.3. The van der Waals surface area contributed by atoms with Crippen molar-refractivity contribution in [2.45, 2.75) is 38.5 Å². The molecule has 2 aliphatic heterocycles. The lowest BCUT2D eigenvalue weighted by atomic mass is 10.2. The fourth-order valence-electron chi connectivity index (χ4n) is 4.76. The number of hydrogen-bond acceptors (Lipinski definition) is 7. The van der Waals surface area contributed by atoms with E-state index in [4.69, 9.17) is 21.5 Å². The van der Waals surface area contributed by atoms with Crippen molar-refractivity contribution in [2.24, 2.45) is 0 Å². The second-order valence-electron chi connectivity index (χ2n) is 9.47. The lowest BCUT2D eigenvalue weighted by molar-refractivity contribution is -0.123. The topological polar surface area (TPSA) is 125 Å². The number of nitrogens with one attached hydrogen (secondary N) is 1. The van der Waals surface area contributed by atoms with E-state index in [0.717, 1.165) is 5.41 Å². The number of carbonyl (C=O) groups excluding carboxylic acids is 1. The number of sulfonamides is 1. The van der Waals surface area contributed by atoms with Crippen molar-refractivity contribution >= 4 is 56.6 Å². The lowest BCUT2D eigenvalue weighted by Crippen LogP contribution is -2.41. The zero-order valence-electron chi connectivity index (χ0n) is 21.9. The fraction of sp³-hybridized carbons (Fsp3) is 0.346. The molecule has 5 rings (SSSR count). The summed E-state index contributed by atoms with van der Waals surface area (Å²) in [4.78, 5) is 29.7. The first-order valence-electron chi connectivity index (χ1n) is 12.6. The van der Waals surface area contributed by atoms with E-state index in [1.165, 1.54) is 28.4 Å². The molecule has 1 aromatic carbocycles. The molecule has 2 unspecified atom stereocenters. The highest BCUT2D eigenvalue weighted by Crippen LogP contribution is 2.30. The molecule has 0 aliphatic carbocycles. The van der Waals surface area contributed by atoms with E-state index >= 15 is 4.39 Å². The van der Waals surface area contributed by atoms with Gasteiger partial charge >= 0.3 is 0 Å². The Balaban J connectivity index is 0.00000124. The number of likely N-dealkylation sites (tertiary alicyclic amines) is 1. The third kappa shape index (κ3) is 7.57. The molecule has 1 amide bonds. The molecule has 2 saturated heterocycles. The molecule has 0 bridgehead atoms. The molecule has 15 heteroatoms. The Kier molecular flexibility index (Phi) is 9.92. The van der Waals surface area contributed by atoms with Crippen LogP contribution in [0.2, 0.25) is 4.34 Å². The number of hydrogen-bond donors (Lipinski definition) is 2. The first kappa shape index (κ1) is 30.8. The third-order valence-electron chi connectivity index (χ3n) is 6.60. The number of imidazole rings is 1. The van der Waals surface area contributed by atoms with Gasteiger partial charge in [-0.2, -0.15) is 4.72 Å². The number of thiophene rings is 1. The van der Waals surface area contributed by atoms with Gasteiger partial charge in [-0.15, -0.1) is 11.3 Å². The number of allylic oxidation sites excluding steroid dienone is 1. The number of alkyl halides is 1. The minimum Gasteiger partial charge on any atom is -0.483 e. The molecule has 2 aromatic heterocycles. The lowest BCUT2D eigenvalue weighted by Gasteiger charge is -2.19.